The highest BCUT2D eigenvalue weighted by atomic mass is 32.2. The number of carbonyl (C=O) groups is 4. The number of methoxy groups -OCH3 is 2. The Hall–Kier alpha value is -4.10. The van der Waals surface area contributed by atoms with Gasteiger partial charge in [0.05, 0.1) is 42.2 Å². The Labute approximate surface area is 200 Å². The SMILES string of the molecule is COC(=O)c1ccc([C@H]2C(C#N)=C(SCC(=O)Nc3ccccc3)NC(=O)[C@H]2C(=O)OC)cc1. The van der Waals surface area contributed by atoms with Crippen LogP contribution in [0.1, 0.15) is 21.8 Å². The maximum Gasteiger partial charge on any atom is 0.337 e. The third kappa shape index (κ3) is 5.44. The molecule has 0 aliphatic carbocycles. The van der Waals surface area contributed by atoms with Crippen LogP contribution in [0.3, 0.4) is 0 Å². The monoisotopic (exact) mass is 479 g/mol. The number of hydrogen-bond donors (Lipinski definition) is 2. The molecule has 0 fully saturated rings. The van der Waals surface area contributed by atoms with Gasteiger partial charge in [0.2, 0.25) is 11.8 Å². The van der Waals surface area contributed by atoms with Gasteiger partial charge in [-0.15, -0.1) is 0 Å². The molecule has 0 unspecified atom stereocenters. The van der Waals surface area contributed by atoms with Crippen molar-refractivity contribution in [3.05, 3.63) is 76.3 Å². The zero-order chi connectivity index (χ0) is 24.7. The fourth-order valence-corrected chi connectivity index (χ4v) is 4.33. The third-order valence-electron chi connectivity index (χ3n) is 5.08. The molecule has 10 heteroatoms. The van der Waals surface area contributed by atoms with E-state index < -0.39 is 29.7 Å². The average molecular weight is 480 g/mol. The van der Waals surface area contributed by atoms with E-state index in [9.17, 15) is 24.4 Å². The van der Waals surface area contributed by atoms with Crippen molar-refractivity contribution in [3.8, 4) is 6.07 Å². The number of nitrogens with one attached hydrogen (secondary N) is 2. The molecule has 2 N–H and O–H groups in total. The van der Waals surface area contributed by atoms with Crippen LogP contribution in [-0.4, -0.2) is 43.7 Å². The molecule has 0 saturated heterocycles. The van der Waals surface area contributed by atoms with Crippen molar-refractivity contribution in [2.75, 3.05) is 25.3 Å². The summed E-state index contributed by atoms with van der Waals surface area (Å²) in [6.45, 7) is 0. The standard InChI is InChI=1S/C24H21N3O6S/c1-32-23(30)15-10-8-14(9-11-15)19-17(12-25)22(27-21(29)20(19)24(31)33-2)34-13-18(28)26-16-6-4-3-5-7-16/h3-11,19-20H,13H2,1-2H3,(H,26,28)(H,27,29)/t19-,20-/m0/s1. The van der Waals surface area contributed by atoms with Gasteiger partial charge in [0.1, 0.15) is 5.92 Å². The number of esters is 2. The lowest BCUT2D eigenvalue weighted by molar-refractivity contribution is -0.150. The van der Waals surface area contributed by atoms with Crippen molar-refractivity contribution >= 4 is 41.2 Å². The van der Waals surface area contributed by atoms with Gasteiger partial charge < -0.3 is 20.1 Å². The Morgan fingerprint density at radius 3 is 2.32 bits per heavy atom. The summed E-state index contributed by atoms with van der Waals surface area (Å²) < 4.78 is 9.50. The largest absolute Gasteiger partial charge is 0.468 e. The van der Waals surface area contributed by atoms with E-state index in [0.29, 0.717) is 11.3 Å². The van der Waals surface area contributed by atoms with Crippen molar-refractivity contribution < 1.29 is 28.7 Å². The van der Waals surface area contributed by atoms with E-state index in [0.717, 1.165) is 18.9 Å². The number of rotatable bonds is 7. The number of ether oxygens (including phenoxy) is 2. The molecule has 2 aromatic rings. The molecule has 0 bridgehead atoms. The first-order chi connectivity index (χ1) is 16.4. The molecule has 2 aromatic carbocycles. The number of para-hydroxylation sites is 1. The van der Waals surface area contributed by atoms with E-state index in [1.54, 1.807) is 36.4 Å². The number of nitriles is 1. The summed E-state index contributed by atoms with van der Waals surface area (Å²) in [5.41, 5.74) is 1.46. The number of benzene rings is 2. The molecular formula is C24H21N3O6S. The Bertz CT molecular complexity index is 1170. The lowest BCUT2D eigenvalue weighted by Gasteiger charge is -2.31. The zero-order valence-electron chi connectivity index (χ0n) is 18.4. The van der Waals surface area contributed by atoms with Gasteiger partial charge in [-0.2, -0.15) is 5.26 Å². The molecule has 1 aliphatic rings. The van der Waals surface area contributed by atoms with Crippen molar-refractivity contribution in [2.45, 2.75) is 5.92 Å². The minimum Gasteiger partial charge on any atom is -0.468 e. The second-order valence-corrected chi connectivity index (χ2v) is 8.12. The van der Waals surface area contributed by atoms with Crippen molar-refractivity contribution in [3.63, 3.8) is 0 Å². The van der Waals surface area contributed by atoms with Crippen LogP contribution in [0.4, 0.5) is 5.69 Å². The molecule has 174 valence electrons. The number of allylic oxidation sites excluding steroid dienone is 1. The Kier molecular flexibility index (Phi) is 8.05. The summed E-state index contributed by atoms with van der Waals surface area (Å²) in [5, 5.41) is 15.4. The first-order valence-corrected chi connectivity index (χ1v) is 11.1. The summed E-state index contributed by atoms with van der Waals surface area (Å²) in [5.74, 6) is -4.69. The fourth-order valence-electron chi connectivity index (χ4n) is 3.48. The molecule has 1 heterocycles. The van der Waals surface area contributed by atoms with Gasteiger partial charge >= 0.3 is 11.9 Å². The van der Waals surface area contributed by atoms with E-state index in [1.807, 2.05) is 6.07 Å². The molecule has 0 radical (unpaired) electrons. The van der Waals surface area contributed by atoms with Crippen LogP contribution in [0.25, 0.3) is 0 Å². The minimum atomic E-state index is -1.31. The highest BCUT2D eigenvalue weighted by Gasteiger charge is 2.44. The van der Waals surface area contributed by atoms with Gasteiger partial charge in [0.15, 0.2) is 0 Å². The van der Waals surface area contributed by atoms with E-state index >= 15 is 0 Å². The second-order valence-electron chi connectivity index (χ2n) is 7.14. The van der Waals surface area contributed by atoms with E-state index in [2.05, 4.69) is 16.7 Å². The lowest BCUT2D eigenvalue weighted by Crippen LogP contribution is -2.44. The Balaban J connectivity index is 1.92. The molecule has 34 heavy (non-hydrogen) atoms. The first kappa shape index (κ1) is 24.5. The second kappa shape index (κ2) is 11.2. The van der Waals surface area contributed by atoms with Gasteiger partial charge in [-0.3, -0.25) is 14.4 Å². The fraction of sp³-hybridized carbons (Fsp3) is 0.208. The Morgan fingerprint density at radius 2 is 1.74 bits per heavy atom. The van der Waals surface area contributed by atoms with Gasteiger partial charge in [0, 0.05) is 11.6 Å². The smallest absolute Gasteiger partial charge is 0.337 e. The van der Waals surface area contributed by atoms with Crippen LogP contribution in [0.5, 0.6) is 0 Å². The molecule has 1 aliphatic heterocycles. The van der Waals surface area contributed by atoms with Crippen LogP contribution in [-0.2, 0) is 23.9 Å². The number of amides is 2. The predicted octanol–water partition coefficient (Wildman–Crippen LogP) is 2.58. The van der Waals surface area contributed by atoms with E-state index in [4.69, 9.17) is 9.47 Å². The minimum absolute atomic E-state index is 0.0768. The van der Waals surface area contributed by atoms with Gasteiger partial charge in [-0.25, -0.2) is 4.79 Å². The van der Waals surface area contributed by atoms with Crippen molar-refractivity contribution in [2.24, 2.45) is 5.92 Å². The lowest BCUT2D eigenvalue weighted by atomic mass is 9.78. The van der Waals surface area contributed by atoms with Crippen LogP contribution in [0.15, 0.2) is 65.2 Å². The summed E-state index contributed by atoms with van der Waals surface area (Å²) in [6.07, 6.45) is 0. The number of thioether (sulfide) groups is 1. The van der Waals surface area contributed by atoms with Gasteiger partial charge in [0.25, 0.3) is 0 Å². The summed E-state index contributed by atoms with van der Waals surface area (Å²) >= 11 is 0.980. The molecule has 0 saturated carbocycles. The summed E-state index contributed by atoms with van der Waals surface area (Å²) in [7, 11) is 2.41. The molecule has 9 nitrogen and oxygen atoms in total. The van der Waals surface area contributed by atoms with Crippen molar-refractivity contribution in [1.29, 1.82) is 5.26 Å². The van der Waals surface area contributed by atoms with Crippen LogP contribution in [0, 0.1) is 17.2 Å². The van der Waals surface area contributed by atoms with Gasteiger partial charge in [-0.1, -0.05) is 42.1 Å². The zero-order valence-corrected chi connectivity index (χ0v) is 19.2. The van der Waals surface area contributed by atoms with Crippen LogP contribution >= 0.6 is 11.8 Å². The number of carbonyl (C=O) groups excluding carboxylic acids is 4. The van der Waals surface area contributed by atoms with Crippen LogP contribution in [0.2, 0.25) is 0 Å². The molecule has 2 amide bonds. The van der Waals surface area contributed by atoms with Gasteiger partial charge in [-0.05, 0) is 29.8 Å². The number of anilines is 1. The molecule has 0 aromatic heterocycles. The number of nitrogens with zero attached hydrogens (tertiary/aromatic N) is 1. The summed E-state index contributed by atoms with van der Waals surface area (Å²) in [6, 6.07) is 17.0. The topological polar surface area (TPSA) is 135 Å². The maximum absolute atomic E-state index is 12.9. The number of hydrogen-bond acceptors (Lipinski definition) is 8. The van der Waals surface area contributed by atoms with E-state index in [1.165, 1.54) is 19.2 Å². The maximum atomic E-state index is 12.9. The third-order valence-corrected chi connectivity index (χ3v) is 6.10. The summed E-state index contributed by atoms with van der Waals surface area (Å²) in [4.78, 5) is 49.4. The molecular weight excluding hydrogens is 458 g/mol. The van der Waals surface area contributed by atoms with Crippen LogP contribution < -0.4 is 10.6 Å². The first-order valence-electron chi connectivity index (χ1n) is 10.1. The highest BCUT2D eigenvalue weighted by Crippen LogP contribution is 2.40. The average Bonchev–Trinajstić information content (AvgIpc) is 2.86. The molecule has 0 spiro atoms. The highest BCUT2D eigenvalue weighted by molar-refractivity contribution is 8.03. The quantitative estimate of drug-likeness (QED) is 0.457. The van der Waals surface area contributed by atoms with E-state index in [-0.39, 0.29) is 27.8 Å². The molecule has 3 rings (SSSR count). The normalized spacial score (nSPS) is 17.3. The van der Waals surface area contributed by atoms with Crippen molar-refractivity contribution in [1.82, 2.24) is 5.32 Å². The molecule has 2 atom stereocenters. The Morgan fingerprint density at radius 1 is 1.06 bits per heavy atom. The predicted molar refractivity (Wildman–Crippen MR) is 124 cm³/mol.